The number of rotatable bonds is 7. The summed E-state index contributed by atoms with van der Waals surface area (Å²) in [4.78, 5) is 12.1. The predicted molar refractivity (Wildman–Crippen MR) is 109 cm³/mol. The molecule has 0 atom stereocenters. The van der Waals surface area contributed by atoms with Crippen LogP contribution in [-0.4, -0.2) is 21.9 Å². The van der Waals surface area contributed by atoms with Crippen molar-refractivity contribution in [1.29, 1.82) is 0 Å². The molecule has 0 aliphatic heterocycles. The molecule has 134 valence electrons. The van der Waals surface area contributed by atoms with Gasteiger partial charge in [-0.25, -0.2) is 0 Å². The SMILES string of the molecule is O=C(CSc1nnc(NCc2ccccc2)s1)Nc1c(Cl)cccc1Cl. The van der Waals surface area contributed by atoms with E-state index in [1.54, 1.807) is 18.2 Å². The van der Waals surface area contributed by atoms with Crippen LogP contribution in [0.25, 0.3) is 0 Å². The number of aromatic nitrogens is 2. The molecule has 0 spiro atoms. The monoisotopic (exact) mass is 424 g/mol. The van der Waals surface area contributed by atoms with E-state index in [0.717, 1.165) is 5.56 Å². The van der Waals surface area contributed by atoms with Gasteiger partial charge in [0.15, 0.2) is 4.34 Å². The average molecular weight is 425 g/mol. The van der Waals surface area contributed by atoms with E-state index in [9.17, 15) is 4.79 Å². The van der Waals surface area contributed by atoms with Gasteiger partial charge in [-0.3, -0.25) is 4.79 Å². The summed E-state index contributed by atoms with van der Waals surface area (Å²) >= 11 is 14.8. The zero-order valence-corrected chi connectivity index (χ0v) is 16.6. The molecule has 0 radical (unpaired) electrons. The number of carbonyl (C=O) groups excluding carboxylic acids is 1. The molecule has 1 amide bonds. The Balaban J connectivity index is 1.49. The van der Waals surface area contributed by atoms with Crippen LogP contribution in [0.2, 0.25) is 10.0 Å². The van der Waals surface area contributed by atoms with Crippen LogP contribution in [-0.2, 0) is 11.3 Å². The van der Waals surface area contributed by atoms with Gasteiger partial charge >= 0.3 is 0 Å². The lowest BCUT2D eigenvalue weighted by Crippen LogP contribution is -2.14. The minimum Gasteiger partial charge on any atom is -0.356 e. The minimum atomic E-state index is -0.209. The summed E-state index contributed by atoms with van der Waals surface area (Å²) in [6, 6.07) is 15.1. The van der Waals surface area contributed by atoms with E-state index < -0.39 is 0 Å². The lowest BCUT2D eigenvalue weighted by atomic mass is 10.2. The van der Waals surface area contributed by atoms with Gasteiger partial charge in [0.2, 0.25) is 11.0 Å². The Morgan fingerprint density at radius 1 is 1.04 bits per heavy atom. The molecule has 3 rings (SSSR count). The smallest absolute Gasteiger partial charge is 0.234 e. The van der Waals surface area contributed by atoms with Gasteiger partial charge in [0, 0.05) is 6.54 Å². The molecular formula is C17H14Cl2N4OS2. The molecule has 2 aromatic carbocycles. The number of amides is 1. The first-order valence-corrected chi connectivity index (χ1v) is 10.2. The number of carbonyl (C=O) groups is 1. The van der Waals surface area contributed by atoms with Crippen LogP contribution >= 0.6 is 46.3 Å². The van der Waals surface area contributed by atoms with Crippen LogP contribution in [0.5, 0.6) is 0 Å². The molecule has 9 heteroatoms. The van der Waals surface area contributed by atoms with Gasteiger partial charge < -0.3 is 10.6 Å². The third-order valence-corrected chi connectivity index (χ3v) is 5.89. The third-order valence-electron chi connectivity index (χ3n) is 3.25. The summed E-state index contributed by atoms with van der Waals surface area (Å²) in [6.07, 6.45) is 0. The van der Waals surface area contributed by atoms with Gasteiger partial charge in [-0.05, 0) is 17.7 Å². The molecule has 0 saturated carbocycles. The second-order valence-electron chi connectivity index (χ2n) is 5.15. The molecule has 0 saturated heterocycles. The topological polar surface area (TPSA) is 66.9 Å². The highest BCUT2D eigenvalue weighted by Gasteiger charge is 2.12. The second-order valence-corrected chi connectivity index (χ2v) is 8.16. The Labute approximate surface area is 169 Å². The molecule has 0 aliphatic carbocycles. The fourth-order valence-corrected chi connectivity index (χ4v) is 4.07. The maximum atomic E-state index is 12.1. The van der Waals surface area contributed by atoms with Crippen LogP contribution in [0.1, 0.15) is 5.56 Å². The minimum absolute atomic E-state index is 0.189. The lowest BCUT2D eigenvalue weighted by Gasteiger charge is -2.08. The molecular weight excluding hydrogens is 411 g/mol. The van der Waals surface area contributed by atoms with Crippen LogP contribution < -0.4 is 10.6 Å². The second kappa shape index (κ2) is 9.23. The van der Waals surface area contributed by atoms with Gasteiger partial charge in [0.1, 0.15) is 0 Å². The van der Waals surface area contributed by atoms with E-state index in [1.807, 2.05) is 30.3 Å². The van der Waals surface area contributed by atoms with Gasteiger partial charge in [-0.2, -0.15) is 0 Å². The van der Waals surface area contributed by atoms with E-state index in [1.165, 1.54) is 23.1 Å². The van der Waals surface area contributed by atoms with E-state index in [0.29, 0.717) is 31.7 Å². The zero-order chi connectivity index (χ0) is 18.4. The zero-order valence-electron chi connectivity index (χ0n) is 13.4. The van der Waals surface area contributed by atoms with E-state index in [-0.39, 0.29) is 11.7 Å². The Kier molecular flexibility index (Phi) is 6.73. The molecule has 1 aromatic heterocycles. The number of halogens is 2. The first-order chi connectivity index (χ1) is 12.6. The normalized spacial score (nSPS) is 10.5. The number of hydrogen-bond acceptors (Lipinski definition) is 6. The highest BCUT2D eigenvalue weighted by atomic mass is 35.5. The van der Waals surface area contributed by atoms with Crippen molar-refractivity contribution < 1.29 is 4.79 Å². The van der Waals surface area contributed by atoms with E-state index in [4.69, 9.17) is 23.2 Å². The van der Waals surface area contributed by atoms with E-state index >= 15 is 0 Å². The number of anilines is 2. The fourth-order valence-electron chi connectivity index (χ4n) is 2.03. The van der Waals surface area contributed by atoms with Crippen molar-refractivity contribution in [3.63, 3.8) is 0 Å². The lowest BCUT2D eigenvalue weighted by molar-refractivity contribution is -0.113. The summed E-state index contributed by atoms with van der Waals surface area (Å²) in [5.74, 6) is -0.0199. The van der Waals surface area contributed by atoms with Crippen molar-refractivity contribution in [2.75, 3.05) is 16.4 Å². The Morgan fingerprint density at radius 3 is 2.50 bits per heavy atom. The molecule has 1 heterocycles. The highest BCUT2D eigenvalue weighted by Crippen LogP contribution is 2.30. The molecule has 26 heavy (non-hydrogen) atoms. The standard InChI is InChI=1S/C17H14Cl2N4OS2/c18-12-7-4-8-13(19)15(12)21-14(24)10-25-17-23-22-16(26-17)20-9-11-5-2-1-3-6-11/h1-8H,9-10H2,(H,20,22)(H,21,24). The van der Waals surface area contributed by atoms with Crippen LogP contribution in [0.3, 0.4) is 0 Å². The van der Waals surface area contributed by atoms with Crippen LogP contribution in [0, 0.1) is 0 Å². The molecule has 0 aliphatic rings. The molecule has 5 nitrogen and oxygen atoms in total. The number of nitrogens with zero attached hydrogens (tertiary/aromatic N) is 2. The first kappa shape index (κ1) is 19.0. The highest BCUT2D eigenvalue weighted by molar-refractivity contribution is 8.01. The quantitative estimate of drug-likeness (QED) is 0.510. The molecule has 0 unspecified atom stereocenters. The van der Waals surface area contributed by atoms with E-state index in [2.05, 4.69) is 20.8 Å². The summed E-state index contributed by atoms with van der Waals surface area (Å²) in [5.41, 5.74) is 1.58. The largest absolute Gasteiger partial charge is 0.356 e. The Morgan fingerprint density at radius 2 is 1.77 bits per heavy atom. The van der Waals surface area contributed by atoms with Gasteiger partial charge in [-0.15, -0.1) is 10.2 Å². The van der Waals surface area contributed by atoms with Crippen LogP contribution in [0.15, 0.2) is 52.9 Å². The molecule has 0 bridgehead atoms. The van der Waals surface area contributed by atoms with Gasteiger partial charge in [-0.1, -0.05) is 82.7 Å². The van der Waals surface area contributed by atoms with Crippen molar-refractivity contribution >= 4 is 63.0 Å². The average Bonchev–Trinajstić information content (AvgIpc) is 3.10. The third kappa shape index (κ3) is 5.35. The van der Waals surface area contributed by atoms with Gasteiger partial charge in [0.05, 0.1) is 21.5 Å². The molecule has 2 N–H and O–H groups in total. The summed E-state index contributed by atoms with van der Waals surface area (Å²) in [7, 11) is 0. The van der Waals surface area contributed by atoms with Crippen molar-refractivity contribution in [2.24, 2.45) is 0 Å². The summed E-state index contributed by atoms with van der Waals surface area (Å²) in [6.45, 7) is 0.672. The van der Waals surface area contributed by atoms with Crippen LogP contribution in [0.4, 0.5) is 10.8 Å². The number of nitrogens with one attached hydrogen (secondary N) is 2. The Hall–Kier alpha value is -1.80. The summed E-state index contributed by atoms with van der Waals surface area (Å²) in [5, 5.41) is 15.6. The Bertz CT molecular complexity index is 869. The number of thioether (sulfide) groups is 1. The maximum absolute atomic E-state index is 12.1. The number of benzene rings is 2. The van der Waals surface area contributed by atoms with Gasteiger partial charge in [0.25, 0.3) is 0 Å². The maximum Gasteiger partial charge on any atom is 0.234 e. The fraction of sp³-hybridized carbons (Fsp3) is 0.118. The van der Waals surface area contributed by atoms with Crippen molar-refractivity contribution in [2.45, 2.75) is 10.9 Å². The predicted octanol–water partition coefficient (Wildman–Crippen LogP) is 5.19. The van der Waals surface area contributed by atoms with Crippen molar-refractivity contribution in [3.05, 3.63) is 64.1 Å². The summed E-state index contributed by atoms with van der Waals surface area (Å²) < 4.78 is 0.709. The molecule has 3 aromatic rings. The van der Waals surface area contributed by atoms with Crippen molar-refractivity contribution in [3.8, 4) is 0 Å². The number of para-hydroxylation sites is 1. The molecule has 0 fully saturated rings. The number of hydrogen-bond donors (Lipinski definition) is 2. The van der Waals surface area contributed by atoms with Crippen molar-refractivity contribution in [1.82, 2.24) is 10.2 Å². The first-order valence-electron chi connectivity index (χ1n) is 7.60.